The minimum absolute atomic E-state index is 0.0104. The van der Waals surface area contributed by atoms with Crippen LogP contribution in [-0.2, 0) is 10.0 Å². The van der Waals surface area contributed by atoms with Gasteiger partial charge in [-0.1, -0.05) is 11.6 Å². The van der Waals surface area contributed by atoms with Crippen LogP contribution in [0.25, 0.3) is 10.1 Å². The van der Waals surface area contributed by atoms with E-state index in [9.17, 15) is 13.2 Å². The molecular formula is C12H14ClN3O3S2. The molecule has 0 aliphatic carbocycles. The quantitative estimate of drug-likeness (QED) is 0.761. The van der Waals surface area contributed by atoms with E-state index < -0.39 is 15.9 Å². The highest BCUT2D eigenvalue weighted by Crippen LogP contribution is 2.35. The molecule has 114 valence electrons. The Morgan fingerprint density at radius 3 is 2.81 bits per heavy atom. The predicted octanol–water partition coefficient (Wildman–Crippen LogP) is 1.42. The number of nitrogen functional groups attached to an aromatic ring is 1. The molecular weight excluding hydrogens is 334 g/mol. The summed E-state index contributed by atoms with van der Waals surface area (Å²) >= 11 is 7.12. The lowest BCUT2D eigenvalue weighted by atomic mass is 10.2. The van der Waals surface area contributed by atoms with Gasteiger partial charge in [-0.05, 0) is 25.2 Å². The van der Waals surface area contributed by atoms with Crippen molar-refractivity contribution in [3.8, 4) is 0 Å². The smallest absolute Gasteiger partial charge is 0.263 e. The first-order valence-electron chi connectivity index (χ1n) is 6.01. The van der Waals surface area contributed by atoms with E-state index >= 15 is 0 Å². The fraction of sp³-hybridized carbons (Fsp3) is 0.250. The molecule has 2 aromatic rings. The lowest BCUT2D eigenvalue weighted by Gasteiger charge is -2.04. The lowest BCUT2D eigenvalue weighted by Crippen LogP contribution is -2.32. The molecule has 0 saturated carbocycles. The van der Waals surface area contributed by atoms with Gasteiger partial charge < -0.3 is 11.1 Å². The summed E-state index contributed by atoms with van der Waals surface area (Å²) in [6, 6.07) is 5.19. The molecule has 2 rings (SSSR count). The molecule has 1 heterocycles. The number of thiophene rings is 1. The summed E-state index contributed by atoms with van der Waals surface area (Å²) in [5, 5.41) is 3.87. The number of sulfonamides is 1. The zero-order valence-corrected chi connectivity index (χ0v) is 13.5. The van der Waals surface area contributed by atoms with Gasteiger partial charge in [-0.2, -0.15) is 0 Å². The molecule has 1 aromatic carbocycles. The summed E-state index contributed by atoms with van der Waals surface area (Å²) < 4.78 is 25.5. The minimum atomic E-state index is -3.35. The van der Waals surface area contributed by atoms with Crippen LogP contribution in [0.3, 0.4) is 0 Å². The van der Waals surface area contributed by atoms with Gasteiger partial charge >= 0.3 is 0 Å². The Bertz CT molecular complexity index is 786. The maximum absolute atomic E-state index is 12.1. The van der Waals surface area contributed by atoms with Crippen LogP contribution in [0.1, 0.15) is 9.67 Å². The Hall–Kier alpha value is -1.35. The number of carbonyl (C=O) groups excluding carboxylic acids is 1. The van der Waals surface area contributed by atoms with Crippen molar-refractivity contribution in [3.05, 3.63) is 28.1 Å². The number of carbonyl (C=O) groups is 1. The third kappa shape index (κ3) is 3.65. The van der Waals surface area contributed by atoms with Gasteiger partial charge in [0.1, 0.15) is 4.88 Å². The molecule has 0 fully saturated rings. The third-order valence-electron chi connectivity index (χ3n) is 2.86. The maximum Gasteiger partial charge on any atom is 0.263 e. The highest BCUT2D eigenvalue weighted by Gasteiger charge is 2.17. The van der Waals surface area contributed by atoms with E-state index in [2.05, 4.69) is 10.0 Å². The first kappa shape index (κ1) is 16.0. The van der Waals surface area contributed by atoms with Gasteiger partial charge in [0.05, 0.1) is 11.4 Å². The molecule has 0 spiro atoms. The molecule has 1 amide bonds. The number of rotatable bonds is 5. The Morgan fingerprint density at radius 1 is 1.43 bits per heavy atom. The molecule has 21 heavy (non-hydrogen) atoms. The number of halogens is 1. The number of hydrogen-bond donors (Lipinski definition) is 3. The lowest BCUT2D eigenvalue weighted by molar-refractivity contribution is 0.0961. The number of hydrogen-bond acceptors (Lipinski definition) is 5. The van der Waals surface area contributed by atoms with E-state index in [1.807, 2.05) is 0 Å². The zero-order chi connectivity index (χ0) is 15.6. The summed E-state index contributed by atoms with van der Waals surface area (Å²) in [4.78, 5) is 12.4. The average molecular weight is 348 g/mol. The fourth-order valence-electron chi connectivity index (χ4n) is 1.74. The van der Waals surface area contributed by atoms with Crippen LogP contribution in [0.4, 0.5) is 5.69 Å². The van der Waals surface area contributed by atoms with E-state index in [0.717, 1.165) is 10.1 Å². The highest BCUT2D eigenvalue weighted by atomic mass is 35.5. The molecule has 0 bridgehead atoms. The van der Waals surface area contributed by atoms with Crippen molar-refractivity contribution >= 4 is 54.6 Å². The van der Waals surface area contributed by atoms with Crippen LogP contribution in [0.15, 0.2) is 18.2 Å². The van der Waals surface area contributed by atoms with Gasteiger partial charge in [-0.25, -0.2) is 13.1 Å². The molecule has 0 atom stereocenters. The van der Waals surface area contributed by atoms with Crippen LogP contribution in [0.2, 0.25) is 5.02 Å². The summed E-state index contributed by atoms with van der Waals surface area (Å²) in [5.74, 6) is -0.581. The number of benzene rings is 1. The Labute approximate surface area is 131 Å². The third-order valence-corrected chi connectivity index (χ3v) is 5.63. The van der Waals surface area contributed by atoms with E-state index in [4.69, 9.17) is 17.3 Å². The number of nitrogens with one attached hydrogen (secondary N) is 2. The molecule has 4 N–H and O–H groups in total. The van der Waals surface area contributed by atoms with Crippen LogP contribution in [0, 0.1) is 0 Å². The summed E-state index contributed by atoms with van der Waals surface area (Å²) in [5.41, 5.74) is 6.33. The first-order chi connectivity index (χ1) is 9.84. The van der Waals surface area contributed by atoms with Gasteiger partial charge in [-0.15, -0.1) is 11.3 Å². The summed E-state index contributed by atoms with van der Waals surface area (Å²) in [6.45, 7) is 0.0104. The molecule has 0 saturated heterocycles. The Balaban J connectivity index is 2.15. The van der Waals surface area contributed by atoms with E-state index in [0.29, 0.717) is 15.6 Å². The first-order valence-corrected chi connectivity index (χ1v) is 8.85. The van der Waals surface area contributed by atoms with Gasteiger partial charge in [-0.3, -0.25) is 4.79 Å². The summed E-state index contributed by atoms with van der Waals surface area (Å²) in [6.07, 6.45) is 0. The van der Waals surface area contributed by atoms with Crippen molar-refractivity contribution in [2.45, 2.75) is 0 Å². The number of anilines is 1. The van der Waals surface area contributed by atoms with Crippen molar-refractivity contribution in [3.63, 3.8) is 0 Å². The standard InChI is InChI=1S/C12H14ClN3O3S2/c1-15-21(18,19)5-4-16-12(17)11-10(14)8-3-2-7(13)6-9(8)20-11/h2-3,6,15H,4-5,14H2,1H3,(H,16,17). The molecule has 0 unspecified atom stereocenters. The second-order valence-corrected chi connectivity index (χ2v) is 7.80. The zero-order valence-electron chi connectivity index (χ0n) is 11.1. The van der Waals surface area contributed by atoms with Crippen molar-refractivity contribution < 1.29 is 13.2 Å². The summed E-state index contributed by atoms with van der Waals surface area (Å²) in [7, 11) is -2.02. The van der Waals surface area contributed by atoms with Crippen LogP contribution < -0.4 is 15.8 Å². The second kappa shape index (κ2) is 6.18. The van der Waals surface area contributed by atoms with E-state index in [1.165, 1.54) is 18.4 Å². The molecule has 0 radical (unpaired) electrons. The number of fused-ring (bicyclic) bond motifs is 1. The molecule has 0 aliphatic rings. The van der Waals surface area contributed by atoms with Crippen molar-refractivity contribution in [1.29, 1.82) is 0 Å². The maximum atomic E-state index is 12.1. The van der Waals surface area contributed by atoms with Crippen molar-refractivity contribution in [2.75, 3.05) is 25.1 Å². The molecule has 9 heteroatoms. The number of nitrogens with two attached hydrogens (primary N) is 1. The SMILES string of the molecule is CNS(=O)(=O)CCNC(=O)c1sc2cc(Cl)ccc2c1N. The minimum Gasteiger partial charge on any atom is -0.397 e. The predicted molar refractivity (Wildman–Crippen MR) is 86.4 cm³/mol. The van der Waals surface area contributed by atoms with Crippen LogP contribution >= 0.6 is 22.9 Å². The highest BCUT2D eigenvalue weighted by molar-refractivity contribution is 7.89. The fourth-order valence-corrected chi connectivity index (χ4v) is 3.63. The van der Waals surface area contributed by atoms with E-state index in [1.54, 1.807) is 18.2 Å². The van der Waals surface area contributed by atoms with Crippen LogP contribution in [-0.4, -0.2) is 33.7 Å². The van der Waals surface area contributed by atoms with Crippen LogP contribution in [0.5, 0.6) is 0 Å². The van der Waals surface area contributed by atoms with Gasteiger partial charge in [0, 0.05) is 21.7 Å². The second-order valence-electron chi connectivity index (χ2n) is 4.26. The largest absolute Gasteiger partial charge is 0.397 e. The Morgan fingerprint density at radius 2 is 2.14 bits per heavy atom. The Kier molecular flexibility index (Phi) is 4.72. The van der Waals surface area contributed by atoms with Gasteiger partial charge in [0.25, 0.3) is 5.91 Å². The average Bonchev–Trinajstić information content (AvgIpc) is 2.75. The monoisotopic (exact) mass is 347 g/mol. The molecule has 0 aliphatic heterocycles. The van der Waals surface area contributed by atoms with E-state index in [-0.39, 0.29) is 12.3 Å². The molecule has 1 aromatic heterocycles. The molecule has 6 nitrogen and oxygen atoms in total. The van der Waals surface area contributed by atoms with Gasteiger partial charge in [0.2, 0.25) is 10.0 Å². The number of amides is 1. The topological polar surface area (TPSA) is 101 Å². The van der Waals surface area contributed by atoms with Crippen molar-refractivity contribution in [2.24, 2.45) is 0 Å². The van der Waals surface area contributed by atoms with Gasteiger partial charge in [0.15, 0.2) is 0 Å². The van der Waals surface area contributed by atoms with Crippen molar-refractivity contribution in [1.82, 2.24) is 10.0 Å². The normalized spacial score (nSPS) is 11.7.